The van der Waals surface area contributed by atoms with Crippen molar-refractivity contribution in [3.63, 3.8) is 0 Å². The van der Waals surface area contributed by atoms with E-state index in [1.807, 2.05) is 6.92 Å². The van der Waals surface area contributed by atoms with Gasteiger partial charge >= 0.3 is 0 Å². The molecule has 2 N–H and O–H groups in total. The second-order valence-corrected chi connectivity index (χ2v) is 6.50. The molecule has 0 radical (unpaired) electrons. The molecule has 1 fully saturated rings. The van der Waals surface area contributed by atoms with Gasteiger partial charge in [0.25, 0.3) is 0 Å². The van der Waals surface area contributed by atoms with Crippen molar-refractivity contribution in [2.45, 2.75) is 50.5 Å². The molecule has 114 valence electrons. The van der Waals surface area contributed by atoms with Crippen molar-refractivity contribution >= 4 is 11.8 Å². The smallest absolute Gasteiger partial charge is 0.0897 e. The van der Waals surface area contributed by atoms with Crippen molar-refractivity contribution in [3.8, 4) is 0 Å². The third-order valence-electron chi connectivity index (χ3n) is 3.32. The summed E-state index contributed by atoms with van der Waals surface area (Å²) in [6.07, 6.45) is 3.35. The summed E-state index contributed by atoms with van der Waals surface area (Å²) in [5.41, 5.74) is 0. The van der Waals surface area contributed by atoms with Gasteiger partial charge in [-0.15, -0.1) is 0 Å². The molecule has 0 spiro atoms. The quantitative estimate of drug-likeness (QED) is 0.567. The Morgan fingerprint density at radius 1 is 1.26 bits per heavy atom. The summed E-state index contributed by atoms with van der Waals surface area (Å²) >= 11 is 2.06. The van der Waals surface area contributed by atoms with Gasteiger partial charge in [-0.3, -0.25) is 0 Å². The minimum atomic E-state index is -0.417. The maximum atomic E-state index is 9.80. The molecule has 1 aliphatic rings. The number of nitrogens with one attached hydrogen (secondary N) is 1. The third-order valence-corrected chi connectivity index (χ3v) is 4.55. The Hall–Kier alpha value is 0.190. The fourth-order valence-electron chi connectivity index (χ4n) is 2.36. The predicted octanol–water partition coefficient (Wildman–Crippen LogP) is 1.66. The summed E-state index contributed by atoms with van der Waals surface area (Å²) in [6.45, 7) is 7.08. The van der Waals surface area contributed by atoms with Crippen LogP contribution >= 0.6 is 11.8 Å². The minimum absolute atomic E-state index is 0.389. The van der Waals surface area contributed by atoms with Gasteiger partial charge in [0.1, 0.15) is 0 Å². The maximum absolute atomic E-state index is 9.80. The van der Waals surface area contributed by atoms with Gasteiger partial charge in [-0.05, 0) is 31.9 Å². The minimum Gasteiger partial charge on any atom is -0.389 e. The first-order valence-corrected chi connectivity index (χ1v) is 8.49. The number of hydrogen-bond acceptors (Lipinski definition) is 5. The summed E-state index contributed by atoms with van der Waals surface area (Å²) in [5.74, 6) is 1.20. The summed E-state index contributed by atoms with van der Waals surface area (Å²) < 4.78 is 10.5. The van der Waals surface area contributed by atoms with Crippen molar-refractivity contribution in [1.82, 2.24) is 5.32 Å². The van der Waals surface area contributed by atoms with Gasteiger partial charge in [0.15, 0.2) is 0 Å². The number of hydrogen-bond donors (Lipinski definition) is 2. The largest absolute Gasteiger partial charge is 0.389 e. The van der Waals surface area contributed by atoms with E-state index in [0.29, 0.717) is 39.0 Å². The van der Waals surface area contributed by atoms with Crippen LogP contribution in [0.2, 0.25) is 0 Å². The van der Waals surface area contributed by atoms with E-state index in [4.69, 9.17) is 9.47 Å². The molecule has 0 amide bonds. The number of ether oxygens (including phenoxy) is 2. The predicted molar refractivity (Wildman–Crippen MR) is 80.9 cm³/mol. The van der Waals surface area contributed by atoms with Crippen molar-refractivity contribution in [1.29, 1.82) is 0 Å². The first kappa shape index (κ1) is 17.2. The normalized spacial score (nSPS) is 24.8. The molecule has 1 aliphatic carbocycles. The molecule has 0 aliphatic heterocycles. The molecule has 1 rings (SSSR count). The van der Waals surface area contributed by atoms with Crippen molar-refractivity contribution in [3.05, 3.63) is 0 Å². The van der Waals surface area contributed by atoms with Gasteiger partial charge < -0.3 is 19.9 Å². The monoisotopic (exact) mass is 291 g/mol. The highest BCUT2D eigenvalue weighted by atomic mass is 32.2. The first-order valence-electron chi connectivity index (χ1n) is 7.44. The van der Waals surface area contributed by atoms with Gasteiger partial charge in [-0.2, -0.15) is 11.8 Å². The Morgan fingerprint density at radius 3 is 2.79 bits per heavy atom. The van der Waals surface area contributed by atoms with Crippen LogP contribution < -0.4 is 5.32 Å². The van der Waals surface area contributed by atoms with E-state index in [1.165, 1.54) is 25.0 Å². The van der Waals surface area contributed by atoms with Crippen LogP contribution in [0.5, 0.6) is 0 Å². The number of aliphatic hydroxyl groups excluding tert-OH is 1. The lowest BCUT2D eigenvalue weighted by molar-refractivity contribution is 0.00579. The van der Waals surface area contributed by atoms with Gasteiger partial charge in [-0.25, -0.2) is 0 Å². The fraction of sp³-hybridized carbons (Fsp3) is 1.00. The molecule has 0 saturated heterocycles. The zero-order chi connectivity index (χ0) is 13.9. The molecule has 0 aromatic carbocycles. The standard InChI is InChI=1S/C14H29NO3S/c1-3-17-7-8-18-11-13(16)10-15-12-5-6-14(9-12)19-4-2/h12-16H,3-11H2,1-2H3. The molecule has 19 heavy (non-hydrogen) atoms. The fourth-order valence-corrected chi connectivity index (χ4v) is 3.50. The zero-order valence-electron chi connectivity index (χ0n) is 12.3. The van der Waals surface area contributed by atoms with Crippen LogP contribution in [-0.2, 0) is 9.47 Å². The molecule has 5 heteroatoms. The lowest BCUT2D eigenvalue weighted by Gasteiger charge is -2.17. The summed E-state index contributed by atoms with van der Waals surface area (Å²) in [7, 11) is 0. The number of aliphatic hydroxyl groups is 1. The van der Waals surface area contributed by atoms with E-state index >= 15 is 0 Å². The van der Waals surface area contributed by atoms with Crippen LogP contribution in [0.25, 0.3) is 0 Å². The van der Waals surface area contributed by atoms with Crippen LogP contribution in [0.1, 0.15) is 33.1 Å². The van der Waals surface area contributed by atoms with Crippen LogP contribution in [-0.4, -0.2) is 61.2 Å². The Balaban J connectivity index is 1.96. The number of thioether (sulfide) groups is 1. The lowest BCUT2D eigenvalue weighted by atomic mass is 10.2. The second kappa shape index (κ2) is 10.9. The van der Waals surface area contributed by atoms with Crippen LogP contribution in [0.3, 0.4) is 0 Å². The molecule has 3 atom stereocenters. The topological polar surface area (TPSA) is 50.7 Å². The molecule has 3 unspecified atom stereocenters. The average molecular weight is 291 g/mol. The van der Waals surface area contributed by atoms with E-state index < -0.39 is 6.10 Å². The molecule has 0 aromatic rings. The highest BCUT2D eigenvalue weighted by Crippen LogP contribution is 2.29. The molecule has 0 aromatic heterocycles. The van der Waals surface area contributed by atoms with Crippen LogP contribution in [0.4, 0.5) is 0 Å². The summed E-state index contributed by atoms with van der Waals surface area (Å²) in [5, 5.41) is 14.1. The van der Waals surface area contributed by atoms with E-state index in [-0.39, 0.29) is 0 Å². The molecule has 0 bridgehead atoms. The Labute approximate surface area is 121 Å². The van der Waals surface area contributed by atoms with E-state index in [0.717, 1.165) is 5.25 Å². The second-order valence-electron chi connectivity index (χ2n) is 4.92. The first-order chi connectivity index (χ1) is 9.26. The molecule has 4 nitrogen and oxygen atoms in total. The van der Waals surface area contributed by atoms with Gasteiger partial charge in [0.2, 0.25) is 0 Å². The SMILES string of the molecule is CCOCCOCC(O)CNC1CCC(SCC)C1. The molecular weight excluding hydrogens is 262 g/mol. The summed E-state index contributed by atoms with van der Waals surface area (Å²) in [4.78, 5) is 0. The molecule has 1 saturated carbocycles. The van der Waals surface area contributed by atoms with E-state index in [1.54, 1.807) is 0 Å². The third kappa shape index (κ3) is 8.15. The molecular formula is C14H29NO3S. The maximum Gasteiger partial charge on any atom is 0.0897 e. The highest BCUT2D eigenvalue weighted by molar-refractivity contribution is 7.99. The van der Waals surface area contributed by atoms with Gasteiger partial charge in [-0.1, -0.05) is 6.92 Å². The number of rotatable bonds is 11. The zero-order valence-corrected chi connectivity index (χ0v) is 13.1. The van der Waals surface area contributed by atoms with E-state index in [2.05, 4.69) is 24.0 Å². The Kier molecular flexibility index (Phi) is 9.91. The van der Waals surface area contributed by atoms with Crippen molar-refractivity contribution < 1.29 is 14.6 Å². The van der Waals surface area contributed by atoms with Crippen molar-refractivity contribution in [2.24, 2.45) is 0 Å². The van der Waals surface area contributed by atoms with Crippen LogP contribution in [0.15, 0.2) is 0 Å². The van der Waals surface area contributed by atoms with Crippen molar-refractivity contribution in [2.75, 3.05) is 38.7 Å². The Bertz CT molecular complexity index is 219. The summed E-state index contributed by atoms with van der Waals surface area (Å²) in [6, 6.07) is 0.571. The van der Waals surface area contributed by atoms with Gasteiger partial charge in [0, 0.05) is 24.4 Å². The van der Waals surface area contributed by atoms with Crippen LogP contribution in [0, 0.1) is 0 Å². The van der Waals surface area contributed by atoms with E-state index in [9.17, 15) is 5.11 Å². The van der Waals surface area contributed by atoms with Gasteiger partial charge in [0.05, 0.1) is 25.9 Å². The molecule has 0 heterocycles. The average Bonchev–Trinajstić information content (AvgIpc) is 2.84. The lowest BCUT2D eigenvalue weighted by Crippen LogP contribution is -2.36. The highest BCUT2D eigenvalue weighted by Gasteiger charge is 2.24. The Morgan fingerprint density at radius 2 is 2.05 bits per heavy atom.